The van der Waals surface area contributed by atoms with Gasteiger partial charge in [0, 0.05) is 21.5 Å². The van der Waals surface area contributed by atoms with Gasteiger partial charge >= 0.3 is 0 Å². The van der Waals surface area contributed by atoms with Crippen molar-refractivity contribution >= 4 is 32.8 Å². The number of aromatic nitrogens is 1. The first kappa shape index (κ1) is 22.3. The lowest BCUT2D eigenvalue weighted by atomic mass is 10.1. The zero-order valence-corrected chi connectivity index (χ0v) is 19.8. The standard InChI is InChI=1S/C24H20ClNO4S2/c1-29-22-12-7-18(13-23(22)30-2)21-14-31-24(26-21)17-5-3-16(4-6-17)15-32(27,28)20-10-8-19(25)9-11-20/h3-14H,15H2,1-2H3. The molecule has 32 heavy (non-hydrogen) atoms. The zero-order chi connectivity index (χ0) is 22.7. The summed E-state index contributed by atoms with van der Waals surface area (Å²) in [5, 5.41) is 3.33. The summed E-state index contributed by atoms with van der Waals surface area (Å²) < 4.78 is 36.0. The van der Waals surface area contributed by atoms with Crippen LogP contribution in [0.5, 0.6) is 11.5 Å². The predicted octanol–water partition coefficient (Wildman–Crippen LogP) is 6.12. The van der Waals surface area contributed by atoms with Crippen molar-refractivity contribution in [3.8, 4) is 33.3 Å². The van der Waals surface area contributed by atoms with Crippen molar-refractivity contribution in [3.05, 3.63) is 82.7 Å². The van der Waals surface area contributed by atoms with E-state index >= 15 is 0 Å². The van der Waals surface area contributed by atoms with E-state index < -0.39 is 9.84 Å². The maximum atomic E-state index is 12.7. The molecular formula is C24H20ClNO4S2. The highest BCUT2D eigenvalue weighted by Crippen LogP contribution is 2.34. The fraction of sp³-hybridized carbons (Fsp3) is 0.125. The summed E-state index contributed by atoms with van der Waals surface area (Å²) in [7, 11) is -0.246. The molecule has 0 saturated heterocycles. The van der Waals surface area contributed by atoms with Crippen LogP contribution in [-0.4, -0.2) is 27.6 Å². The van der Waals surface area contributed by atoms with Gasteiger partial charge in [-0.3, -0.25) is 0 Å². The van der Waals surface area contributed by atoms with E-state index in [1.165, 1.54) is 23.5 Å². The van der Waals surface area contributed by atoms with Crippen molar-refractivity contribution in [1.82, 2.24) is 4.98 Å². The van der Waals surface area contributed by atoms with Gasteiger partial charge in [-0.15, -0.1) is 11.3 Å². The second-order valence-corrected chi connectivity index (χ2v) is 10.3. The number of benzene rings is 3. The third-order valence-electron chi connectivity index (χ3n) is 4.91. The monoisotopic (exact) mass is 485 g/mol. The molecule has 3 aromatic carbocycles. The molecule has 0 aliphatic heterocycles. The van der Waals surface area contributed by atoms with Crippen LogP contribution in [0.25, 0.3) is 21.8 Å². The van der Waals surface area contributed by atoms with E-state index in [9.17, 15) is 8.42 Å². The zero-order valence-electron chi connectivity index (χ0n) is 17.4. The maximum Gasteiger partial charge on any atom is 0.182 e. The molecule has 0 unspecified atom stereocenters. The van der Waals surface area contributed by atoms with Crippen LogP contribution in [0.2, 0.25) is 5.02 Å². The molecule has 0 aliphatic rings. The molecule has 1 aromatic heterocycles. The fourth-order valence-corrected chi connectivity index (χ4v) is 5.53. The summed E-state index contributed by atoms with van der Waals surface area (Å²) in [4.78, 5) is 4.99. The van der Waals surface area contributed by atoms with Crippen molar-refractivity contribution in [2.24, 2.45) is 0 Å². The maximum absolute atomic E-state index is 12.7. The number of nitrogens with zero attached hydrogens (tertiary/aromatic N) is 1. The largest absolute Gasteiger partial charge is 0.493 e. The highest BCUT2D eigenvalue weighted by molar-refractivity contribution is 7.90. The Bertz CT molecular complexity index is 1330. The smallest absolute Gasteiger partial charge is 0.182 e. The van der Waals surface area contributed by atoms with Crippen LogP contribution in [0.4, 0.5) is 0 Å². The van der Waals surface area contributed by atoms with Gasteiger partial charge in [-0.25, -0.2) is 13.4 Å². The second-order valence-electron chi connectivity index (χ2n) is 7.02. The van der Waals surface area contributed by atoms with Gasteiger partial charge in [-0.05, 0) is 48.0 Å². The first-order chi connectivity index (χ1) is 15.4. The van der Waals surface area contributed by atoms with Crippen LogP contribution in [0.3, 0.4) is 0 Å². The molecule has 0 radical (unpaired) electrons. The van der Waals surface area contributed by atoms with Crippen molar-refractivity contribution in [1.29, 1.82) is 0 Å². The average Bonchev–Trinajstić information content (AvgIpc) is 3.29. The molecule has 4 rings (SSSR count). The molecule has 0 aliphatic carbocycles. The van der Waals surface area contributed by atoms with Gasteiger partial charge in [0.2, 0.25) is 0 Å². The van der Waals surface area contributed by atoms with Crippen LogP contribution in [-0.2, 0) is 15.6 Å². The minimum Gasteiger partial charge on any atom is -0.493 e. The minimum absolute atomic E-state index is 0.0797. The summed E-state index contributed by atoms with van der Waals surface area (Å²) in [6.07, 6.45) is 0. The molecule has 0 fully saturated rings. The topological polar surface area (TPSA) is 65.5 Å². The predicted molar refractivity (Wildman–Crippen MR) is 128 cm³/mol. The Kier molecular flexibility index (Phi) is 6.50. The normalized spacial score (nSPS) is 11.3. The van der Waals surface area contributed by atoms with Crippen LogP contribution >= 0.6 is 22.9 Å². The van der Waals surface area contributed by atoms with E-state index in [0.29, 0.717) is 22.1 Å². The van der Waals surface area contributed by atoms with Gasteiger partial charge in [0.25, 0.3) is 0 Å². The van der Waals surface area contributed by atoms with E-state index in [1.807, 2.05) is 47.8 Å². The molecule has 0 saturated carbocycles. The molecule has 5 nitrogen and oxygen atoms in total. The number of ether oxygens (including phenoxy) is 2. The summed E-state index contributed by atoms with van der Waals surface area (Å²) >= 11 is 7.38. The molecule has 8 heteroatoms. The number of sulfone groups is 1. The van der Waals surface area contributed by atoms with Crippen LogP contribution < -0.4 is 9.47 Å². The first-order valence-corrected chi connectivity index (χ1v) is 12.6. The van der Waals surface area contributed by atoms with Gasteiger partial charge in [0.05, 0.1) is 30.6 Å². The Morgan fingerprint density at radius 3 is 2.19 bits per heavy atom. The van der Waals surface area contributed by atoms with E-state index in [4.69, 9.17) is 26.1 Å². The third kappa shape index (κ3) is 4.80. The summed E-state index contributed by atoms with van der Waals surface area (Å²) in [5.41, 5.74) is 3.39. The van der Waals surface area contributed by atoms with E-state index in [0.717, 1.165) is 21.8 Å². The molecule has 0 spiro atoms. The SMILES string of the molecule is COc1ccc(-c2csc(-c3ccc(CS(=O)(=O)c4ccc(Cl)cc4)cc3)n2)cc1OC. The lowest BCUT2D eigenvalue weighted by Crippen LogP contribution is -2.04. The number of methoxy groups -OCH3 is 2. The van der Waals surface area contributed by atoms with Crippen LogP contribution in [0, 0.1) is 0 Å². The van der Waals surface area contributed by atoms with Gasteiger partial charge in [0.15, 0.2) is 21.3 Å². The number of hydrogen-bond acceptors (Lipinski definition) is 6. The number of hydrogen-bond donors (Lipinski definition) is 0. The molecule has 0 N–H and O–H groups in total. The first-order valence-electron chi connectivity index (χ1n) is 9.65. The Balaban J connectivity index is 1.53. The fourth-order valence-electron chi connectivity index (χ4n) is 3.22. The van der Waals surface area contributed by atoms with Crippen molar-refractivity contribution in [2.45, 2.75) is 10.6 Å². The van der Waals surface area contributed by atoms with E-state index in [2.05, 4.69) is 0 Å². The highest BCUT2D eigenvalue weighted by atomic mass is 35.5. The van der Waals surface area contributed by atoms with Crippen LogP contribution in [0.15, 0.2) is 77.0 Å². The lowest BCUT2D eigenvalue weighted by Gasteiger charge is -2.08. The Labute approximate surface area is 196 Å². The van der Waals surface area contributed by atoms with Gasteiger partial charge in [0.1, 0.15) is 5.01 Å². The lowest BCUT2D eigenvalue weighted by molar-refractivity contribution is 0.355. The summed E-state index contributed by atoms with van der Waals surface area (Å²) in [6, 6.07) is 19.3. The van der Waals surface area contributed by atoms with Crippen LogP contribution in [0.1, 0.15) is 5.56 Å². The Morgan fingerprint density at radius 1 is 0.875 bits per heavy atom. The van der Waals surface area contributed by atoms with E-state index in [-0.39, 0.29) is 10.6 Å². The molecule has 1 heterocycles. The quantitative estimate of drug-likeness (QED) is 0.315. The minimum atomic E-state index is -3.45. The van der Waals surface area contributed by atoms with E-state index in [1.54, 1.807) is 26.4 Å². The van der Waals surface area contributed by atoms with Crippen molar-refractivity contribution in [3.63, 3.8) is 0 Å². The number of thiazole rings is 1. The molecular weight excluding hydrogens is 466 g/mol. The Hall–Kier alpha value is -2.87. The Morgan fingerprint density at radius 2 is 1.53 bits per heavy atom. The van der Waals surface area contributed by atoms with Gasteiger partial charge in [-0.2, -0.15) is 0 Å². The highest BCUT2D eigenvalue weighted by Gasteiger charge is 2.16. The molecule has 0 bridgehead atoms. The summed E-state index contributed by atoms with van der Waals surface area (Å²) in [5.74, 6) is 1.23. The van der Waals surface area contributed by atoms with Crippen molar-refractivity contribution in [2.75, 3.05) is 14.2 Å². The molecule has 164 valence electrons. The molecule has 0 atom stereocenters. The average molecular weight is 486 g/mol. The second kappa shape index (κ2) is 9.32. The molecule has 4 aromatic rings. The summed E-state index contributed by atoms with van der Waals surface area (Å²) in [6.45, 7) is 0. The molecule has 0 amide bonds. The van der Waals surface area contributed by atoms with Gasteiger partial charge < -0.3 is 9.47 Å². The van der Waals surface area contributed by atoms with Crippen molar-refractivity contribution < 1.29 is 17.9 Å². The number of rotatable bonds is 7. The third-order valence-corrected chi connectivity index (χ3v) is 7.76. The van der Waals surface area contributed by atoms with Gasteiger partial charge in [-0.1, -0.05) is 35.9 Å². The number of halogens is 1.